The molecule has 1 rings (SSSR count). The Labute approximate surface area is 115 Å². The monoisotopic (exact) mass is 273 g/mol. The summed E-state index contributed by atoms with van der Waals surface area (Å²) in [5, 5.41) is 8.74. The predicted octanol–water partition coefficient (Wildman–Crippen LogP) is 1.19. The van der Waals surface area contributed by atoms with Crippen LogP contribution in [0.2, 0.25) is 0 Å². The zero-order valence-electron chi connectivity index (χ0n) is 12.1. The van der Waals surface area contributed by atoms with Gasteiger partial charge in [-0.1, -0.05) is 13.3 Å². The van der Waals surface area contributed by atoms with Gasteiger partial charge in [-0.05, 0) is 26.2 Å². The van der Waals surface area contributed by atoms with Gasteiger partial charge in [-0.25, -0.2) is 0 Å². The Hall–Kier alpha value is -0.650. The largest absolute Gasteiger partial charge is 0.465 e. The second kappa shape index (κ2) is 9.28. The molecule has 0 amide bonds. The lowest BCUT2D eigenvalue weighted by atomic mass is 10.0. The fourth-order valence-corrected chi connectivity index (χ4v) is 2.53. The van der Waals surface area contributed by atoms with Gasteiger partial charge in [0.1, 0.15) is 6.04 Å². The Kier molecular flexibility index (Phi) is 8.02. The van der Waals surface area contributed by atoms with Crippen LogP contribution in [0.5, 0.6) is 0 Å². The average molecular weight is 273 g/mol. The van der Waals surface area contributed by atoms with Crippen molar-refractivity contribution >= 4 is 5.97 Å². The molecule has 1 saturated heterocycles. The van der Waals surface area contributed by atoms with Crippen molar-refractivity contribution in [3.8, 4) is 0 Å². The van der Waals surface area contributed by atoms with E-state index in [-0.39, 0.29) is 24.7 Å². The highest BCUT2D eigenvalue weighted by Gasteiger charge is 2.30. The third-order valence-electron chi connectivity index (χ3n) is 3.48. The summed E-state index contributed by atoms with van der Waals surface area (Å²) in [6.07, 6.45) is 3.87. The summed E-state index contributed by atoms with van der Waals surface area (Å²) in [6.45, 7) is 6.57. The van der Waals surface area contributed by atoms with Crippen molar-refractivity contribution in [3.05, 3.63) is 0 Å². The number of likely N-dealkylation sites (tertiary alicyclic amines) is 1. The second-order valence-electron chi connectivity index (χ2n) is 4.89. The van der Waals surface area contributed by atoms with Crippen LogP contribution in [0.3, 0.4) is 0 Å². The van der Waals surface area contributed by atoms with Crippen molar-refractivity contribution in [1.29, 1.82) is 0 Å². The fourth-order valence-electron chi connectivity index (χ4n) is 2.53. The minimum absolute atomic E-state index is 0.0709. The van der Waals surface area contributed by atoms with Crippen LogP contribution in [0.25, 0.3) is 0 Å². The Morgan fingerprint density at radius 2 is 2.05 bits per heavy atom. The van der Waals surface area contributed by atoms with E-state index in [1.54, 1.807) is 0 Å². The van der Waals surface area contributed by atoms with E-state index in [1.165, 1.54) is 0 Å². The van der Waals surface area contributed by atoms with Gasteiger partial charge in [0.15, 0.2) is 0 Å². The van der Waals surface area contributed by atoms with E-state index < -0.39 is 0 Å². The molecule has 1 aliphatic rings. The van der Waals surface area contributed by atoms with Crippen LogP contribution < -0.4 is 0 Å². The van der Waals surface area contributed by atoms with E-state index in [2.05, 4.69) is 11.8 Å². The zero-order chi connectivity index (χ0) is 14.1. The van der Waals surface area contributed by atoms with E-state index in [4.69, 9.17) is 14.6 Å². The molecule has 112 valence electrons. The topological polar surface area (TPSA) is 59.0 Å². The van der Waals surface area contributed by atoms with Gasteiger partial charge in [0.25, 0.3) is 0 Å². The Morgan fingerprint density at radius 1 is 1.37 bits per heavy atom. The third kappa shape index (κ3) is 5.47. The molecule has 1 fully saturated rings. The number of aliphatic hydroxyl groups is 1. The molecule has 0 aromatic heterocycles. The average Bonchev–Trinajstić information content (AvgIpc) is 2.43. The molecule has 0 aromatic rings. The molecule has 0 aromatic carbocycles. The third-order valence-corrected chi connectivity index (χ3v) is 3.48. The molecule has 5 heteroatoms. The van der Waals surface area contributed by atoms with Crippen LogP contribution in [0, 0.1) is 0 Å². The van der Waals surface area contributed by atoms with Crippen LogP contribution >= 0.6 is 0 Å². The molecule has 1 atom stereocenters. The molecule has 1 aliphatic heterocycles. The summed E-state index contributed by atoms with van der Waals surface area (Å²) in [6, 6.07) is -0.108. The maximum atomic E-state index is 12.0. The van der Waals surface area contributed by atoms with E-state index in [0.29, 0.717) is 13.2 Å². The minimum Gasteiger partial charge on any atom is -0.465 e. The standard InChI is InChI=1S/C14H27NO4/c1-3-5-13(14(17)18-4-2)15-8-6-12(7-9-15)19-11-10-16/h12-13,16H,3-11H2,1-2H3. The minimum atomic E-state index is -0.108. The van der Waals surface area contributed by atoms with Crippen molar-refractivity contribution in [2.45, 2.75) is 51.7 Å². The molecule has 19 heavy (non-hydrogen) atoms. The van der Waals surface area contributed by atoms with E-state index >= 15 is 0 Å². The van der Waals surface area contributed by atoms with E-state index in [1.807, 2.05) is 6.92 Å². The predicted molar refractivity (Wildman–Crippen MR) is 73.0 cm³/mol. The zero-order valence-corrected chi connectivity index (χ0v) is 12.1. The van der Waals surface area contributed by atoms with Gasteiger partial charge in [0, 0.05) is 13.1 Å². The lowest BCUT2D eigenvalue weighted by molar-refractivity contribution is -0.151. The summed E-state index contributed by atoms with van der Waals surface area (Å²) in [5.41, 5.74) is 0. The summed E-state index contributed by atoms with van der Waals surface area (Å²) < 4.78 is 10.7. The first kappa shape index (κ1) is 16.4. The Balaban J connectivity index is 2.42. The van der Waals surface area contributed by atoms with Gasteiger partial charge in [0.05, 0.1) is 25.9 Å². The van der Waals surface area contributed by atoms with Gasteiger partial charge in [-0.15, -0.1) is 0 Å². The van der Waals surface area contributed by atoms with Crippen molar-refractivity contribution in [2.75, 3.05) is 32.9 Å². The van der Waals surface area contributed by atoms with Crippen LogP contribution in [0.15, 0.2) is 0 Å². The van der Waals surface area contributed by atoms with Gasteiger partial charge < -0.3 is 14.6 Å². The Bertz CT molecular complexity index is 252. The molecule has 0 spiro atoms. The number of hydrogen-bond donors (Lipinski definition) is 1. The number of aliphatic hydroxyl groups excluding tert-OH is 1. The molecular weight excluding hydrogens is 246 g/mol. The lowest BCUT2D eigenvalue weighted by Crippen LogP contribution is -2.47. The highest BCUT2D eigenvalue weighted by Crippen LogP contribution is 2.19. The fraction of sp³-hybridized carbons (Fsp3) is 0.929. The number of nitrogens with zero attached hydrogens (tertiary/aromatic N) is 1. The highest BCUT2D eigenvalue weighted by molar-refractivity contribution is 5.75. The summed E-state index contributed by atoms with van der Waals surface area (Å²) in [7, 11) is 0. The van der Waals surface area contributed by atoms with Crippen molar-refractivity contribution in [1.82, 2.24) is 4.90 Å². The smallest absolute Gasteiger partial charge is 0.323 e. The first-order valence-electron chi connectivity index (χ1n) is 7.36. The van der Waals surface area contributed by atoms with Crippen LogP contribution in [-0.2, 0) is 14.3 Å². The van der Waals surface area contributed by atoms with Gasteiger partial charge in [-0.2, -0.15) is 0 Å². The molecule has 1 N–H and O–H groups in total. The first-order valence-corrected chi connectivity index (χ1v) is 7.36. The maximum absolute atomic E-state index is 12.0. The lowest BCUT2D eigenvalue weighted by Gasteiger charge is -2.36. The van der Waals surface area contributed by atoms with Crippen molar-refractivity contribution < 1.29 is 19.4 Å². The molecular formula is C14H27NO4. The van der Waals surface area contributed by atoms with Crippen LogP contribution in [0.4, 0.5) is 0 Å². The molecule has 5 nitrogen and oxygen atoms in total. The molecule has 1 heterocycles. The molecule has 0 radical (unpaired) electrons. The first-order chi connectivity index (χ1) is 9.22. The SMILES string of the molecule is CCCC(C(=O)OCC)N1CCC(OCCO)CC1. The number of ether oxygens (including phenoxy) is 2. The number of esters is 1. The van der Waals surface area contributed by atoms with E-state index in [9.17, 15) is 4.79 Å². The number of rotatable bonds is 8. The Morgan fingerprint density at radius 3 is 2.58 bits per heavy atom. The number of carbonyl (C=O) groups excluding carboxylic acids is 1. The van der Waals surface area contributed by atoms with Crippen molar-refractivity contribution in [2.24, 2.45) is 0 Å². The molecule has 0 saturated carbocycles. The number of hydrogen-bond acceptors (Lipinski definition) is 5. The molecule has 0 bridgehead atoms. The van der Waals surface area contributed by atoms with Gasteiger partial charge in [0.2, 0.25) is 0 Å². The number of piperidine rings is 1. The molecule has 1 unspecified atom stereocenters. The second-order valence-corrected chi connectivity index (χ2v) is 4.89. The van der Waals surface area contributed by atoms with Gasteiger partial charge in [-0.3, -0.25) is 9.69 Å². The normalized spacial score (nSPS) is 19.3. The van der Waals surface area contributed by atoms with Crippen LogP contribution in [-0.4, -0.2) is 61.0 Å². The van der Waals surface area contributed by atoms with Crippen molar-refractivity contribution in [3.63, 3.8) is 0 Å². The highest BCUT2D eigenvalue weighted by atomic mass is 16.5. The summed E-state index contributed by atoms with van der Waals surface area (Å²) in [5.74, 6) is -0.0981. The number of carbonyl (C=O) groups is 1. The quantitative estimate of drug-likeness (QED) is 0.673. The molecule has 0 aliphatic carbocycles. The van der Waals surface area contributed by atoms with Crippen LogP contribution in [0.1, 0.15) is 39.5 Å². The van der Waals surface area contributed by atoms with Gasteiger partial charge >= 0.3 is 5.97 Å². The van der Waals surface area contributed by atoms with E-state index in [0.717, 1.165) is 38.8 Å². The summed E-state index contributed by atoms with van der Waals surface area (Å²) in [4.78, 5) is 14.2. The summed E-state index contributed by atoms with van der Waals surface area (Å²) >= 11 is 0. The maximum Gasteiger partial charge on any atom is 0.323 e.